The first-order chi connectivity index (χ1) is 22.6. The second-order valence-electron chi connectivity index (χ2n) is 12.0. The molecule has 0 unspecified atom stereocenters. The van der Waals surface area contributed by atoms with Crippen LogP contribution < -0.4 is 5.46 Å². The Morgan fingerprint density at radius 1 is 0.348 bits per heavy atom. The van der Waals surface area contributed by atoms with E-state index < -0.39 is 12.5 Å². The van der Waals surface area contributed by atoms with Gasteiger partial charge in [-0.2, -0.15) is 0 Å². The third kappa shape index (κ3) is 4.61. The predicted octanol–water partition coefficient (Wildman–Crippen LogP) is 8.73. The van der Waals surface area contributed by atoms with E-state index in [0.717, 1.165) is 38.9 Å². The van der Waals surface area contributed by atoms with Crippen molar-refractivity contribution in [2.45, 2.75) is 5.41 Å². The molecule has 218 valence electrons. The number of hydrogen-bond acceptors (Lipinski definition) is 2. The van der Waals surface area contributed by atoms with E-state index in [9.17, 15) is 10.0 Å². The Morgan fingerprint density at radius 3 is 1.24 bits per heavy atom. The van der Waals surface area contributed by atoms with Gasteiger partial charge in [0.25, 0.3) is 0 Å². The average Bonchev–Trinajstić information content (AvgIpc) is 3.43. The summed E-state index contributed by atoms with van der Waals surface area (Å²) in [7, 11) is -1.56. The molecule has 2 N–H and O–H groups in total. The summed E-state index contributed by atoms with van der Waals surface area (Å²) in [4.78, 5) is 0. The van der Waals surface area contributed by atoms with E-state index in [-0.39, 0.29) is 0 Å². The van der Waals surface area contributed by atoms with Crippen LogP contribution in [0, 0.1) is 0 Å². The summed E-state index contributed by atoms with van der Waals surface area (Å²) in [5.41, 5.74) is 13.5. The van der Waals surface area contributed by atoms with Crippen molar-refractivity contribution in [3.8, 4) is 44.5 Å². The van der Waals surface area contributed by atoms with Gasteiger partial charge in [0, 0.05) is 0 Å². The number of benzene rings is 7. The maximum atomic E-state index is 10.2. The molecule has 0 radical (unpaired) electrons. The van der Waals surface area contributed by atoms with Crippen molar-refractivity contribution in [2.24, 2.45) is 0 Å². The topological polar surface area (TPSA) is 40.5 Å². The van der Waals surface area contributed by atoms with E-state index in [2.05, 4.69) is 152 Å². The molecule has 7 aromatic rings. The van der Waals surface area contributed by atoms with Crippen LogP contribution >= 0.6 is 0 Å². The van der Waals surface area contributed by atoms with Gasteiger partial charge in [-0.1, -0.05) is 152 Å². The van der Waals surface area contributed by atoms with E-state index >= 15 is 0 Å². The Bertz CT molecular complexity index is 2060. The lowest BCUT2D eigenvalue weighted by Gasteiger charge is -2.34. The molecular weight excluding hydrogens is 559 g/mol. The van der Waals surface area contributed by atoms with Gasteiger partial charge in [0.15, 0.2) is 0 Å². The minimum absolute atomic E-state index is 0.476. The van der Waals surface area contributed by atoms with E-state index in [1.165, 1.54) is 27.8 Å². The fraction of sp³-hybridized carbons (Fsp3) is 0.0233. The molecule has 0 spiro atoms. The lowest BCUT2D eigenvalue weighted by Crippen LogP contribution is -2.31. The standard InChI is InChI=1S/C43H31BO2/c45-44(46)38-22-24-42-40(29-38)39-28-32(21-23-41(39)43(42,36-17-9-3-10-18-36)37-19-11-4-12-20-37)35-26-33(30-13-5-1-6-14-30)25-34(27-35)31-15-7-2-8-16-31/h1-29,45-46H. The second-order valence-corrected chi connectivity index (χ2v) is 12.0. The molecule has 2 nitrogen and oxygen atoms in total. The van der Waals surface area contributed by atoms with Crippen LogP contribution in [0.5, 0.6) is 0 Å². The molecule has 8 rings (SSSR count). The largest absolute Gasteiger partial charge is 0.488 e. The van der Waals surface area contributed by atoms with Gasteiger partial charge in [0.2, 0.25) is 0 Å². The monoisotopic (exact) mass is 590 g/mol. The minimum atomic E-state index is -1.56. The van der Waals surface area contributed by atoms with Crippen molar-refractivity contribution in [3.05, 3.63) is 198 Å². The molecule has 7 aromatic carbocycles. The van der Waals surface area contributed by atoms with Crippen molar-refractivity contribution in [2.75, 3.05) is 0 Å². The smallest absolute Gasteiger partial charge is 0.423 e. The minimum Gasteiger partial charge on any atom is -0.423 e. The Kier molecular flexibility index (Phi) is 6.99. The summed E-state index contributed by atoms with van der Waals surface area (Å²) in [6.45, 7) is 0. The first kappa shape index (κ1) is 28.0. The summed E-state index contributed by atoms with van der Waals surface area (Å²) in [6.07, 6.45) is 0. The van der Waals surface area contributed by atoms with Crippen molar-refractivity contribution >= 4 is 12.6 Å². The molecule has 0 atom stereocenters. The van der Waals surface area contributed by atoms with Crippen LogP contribution in [0.2, 0.25) is 0 Å². The van der Waals surface area contributed by atoms with Gasteiger partial charge in [-0.05, 0) is 96.5 Å². The highest BCUT2D eigenvalue weighted by atomic mass is 16.4. The third-order valence-corrected chi connectivity index (χ3v) is 9.35. The SMILES string of the molecule is OB(O)c1ccc2c(c1)-c1cc(-c3cc(-c4ccccc4)cc(-c4ccccc4)c3)ccc1C2(c1ccccc1)c1ccccc1. The van der Waals surface area contributed by atoms with Gasteiger partial charge in [-0.3, -0.25) is 0 Å². The zero-order valence-electron chi connectivity index (χ0n) is 25.2. The summed E-state index contributed by atoms with van der Waals surface area (Å²) in [5, 5.41) is 20.5. The Balaban J connectivity index is 1.40. The highest BCUT2D eigenvalue weighted by Gasteiger charge is 2.46. The molecule has 1 aliphatic rings. The van der Waals surface area contributed by atoms with Crippen molar-refractivity contribution in [1.82, 2.24) is 0 Å². The normalized spacial score (nSPS) is 12.7. The van der Waals surface area contributed by atoms with Crippen molar-refractivity contribution in [1.29, 1.82) is 0 Å². The number of rotatable bonds is 6. The van der Waals surface area contributed by atoms with Gasteiger partial charge < -0.3 is 10.0 Å². The third-order valence-electron chi connectivity index (χ3n) is 9.35. The molecule has 46 heavy (non-hydrogen) atoms. The van der Waals surface area contributed by atoms with Gasteiger partial charge in [-0.15, -0.1) is 0 Å². The summed E-state index contributed by atoms with van der Waals surface area (Å²) in [6, 6.07) is 61.8. The first-order valence-corrected chi connectivity index (χ1v) is 15.7. The van der Waals surface area contributed by atoms with E-state index in [0.29, 0.717) is 5.46 Å². The molecule has 0 saturated carbocycles. The predicted molar refractivity (Wildman–Crippen MR) is 190 cm³/mol. The van der Waals surface area contributed by atoms with Crippen molar-refractivity contribution < 1.29 is 10.0 Å². The van der Waals surface area contributed by atoms with Crippen LogP contribution in [-0.4, -0.2) is 17.2 Å². The molecule has 0 aromatic heterocycles. The van der Waals surface area contributed by atoms with Crippen LogP contribution in [0.15, 0.2) is 176 Å². The van der Waals surface area contributed by atoms with Crippen LogP contribution in [0.4, 0.5) is 0 Å². The zero-order valence-corrected chi connectivity index (χ0v) is 25.2. The van der Waals surface area contributed by atoms with Crippen molar-refractivity contribution in [3.63, 3.8) is 0 Å². The molecule has 0 aliphatic heterocycles. The maximum Gasteiger partial charge on any atom is 0.488 e. The van der Waals surface area contributed by atoms with Gasteiger partial charge >= 0.3 is 7.12 Å². The van der Waals surface area contributed by atoms with E-state index in [1.807, 2.05) is 24.3 Å². The van der Waals surface area contributed by atoms with E-state index in [4.69, 9.17) is 0 Å². The van der Waals surface area contributed by atoms with Crippen LogP contribution in [0.25, 0.3) is 44.5 Å². The van der Waals surface area contributed by atoms with Crippen LogP contribution in [0.3, 0.4) is 0 Å². The zero-order chi connectivity index (χ0) is 31.1. The molecular formula is C43H31BO2. The fourth-order valence-electron chi connectivity index (χ4n) is 7.24. The van der Waals surface area contributed by atoms with E-state index in [1.54, 1.807) is 0 Å². The van der Waals surface area contributed by atoms with Gasteiger partial charge in [-0.25, -0.2) is 0 Å². The molecule has 3 heteroatoms. The molecule has 0 fully saturated rings. The summed E-state index contributed by atoms with van der Waals surface area (Å²) in [5.74, 6) is 0. The lowest BCUT2D eigenvalue weighted by molar-refractivity contribution is 0.426. The molecule has 0 heterocycles. The second kappa shape index (κ2) is 11.5. The molecule has 0 amide bonds. The average molecular weight is 591 g/mol. The highest BCUT2D eigenvalue weighted by molar-refractivity contribution is 6.58. The quantitative estimate of drug-likeness (QED) is 0.190. The Labute approximate surface area is 270 Å². The van der Waals surface area contributed by atoms with Crippen LogP contribution in [0.1, 0.15) is 22.3 Å². The Hall–Kier alpha value is -5.48. The summed E-state index contributed by atoms with van der Waals surface area (Å²) >= 11 is 0. The van der Waals surface area contributed by atoms with Gasteiger partial charge in [0.1, 0.15) is 0 Å². The first-order valence-electron chi connectivity index (χ1n) is 15.7. The summed E-state index contributed by atoms with van der Waals surface area (Å²) < 4.78 is 0. The number of hydrogen-bond donors (Lipinski definition) is 2. The highest BCUT2D eigenvalue weighted by Crippen LogP contribution is 2.56. The van der Waals surface area contributed by atoms with Gasteiger partial charge in [0.05, 0.1) is 5.41 Å². The molecule has 1 aliphatic carbocycles. The molecule has 0 bridgehead atoms. The van der Waals surface area contributed by atoms with Crippen LogP contribution in [-0.2, 0) is 5.41 Å². The Morgan fingerprint density at radius 2 is 0.761 bits per heavy atom. The lowest BCUT2D eigenvalue weighted by atomic mass is 9.67. The fourth-order valence-corrected chi connectivity index (χ4v) is 7.24. The maximum absolute atomic E-state index is 10.2. The molecule has 0 saturated heterocycles. The number of fused-ring (bicyclic) bond motifs is 3.